The molecule has 0 aromatic carbocycles. The van der Waals surface area contributed by atoms with E-state index >= 15 is 0 Å². The molecule has 2 heterocycles. The van der Waals surface area contributed by atoms with Gasteiger partial charge in [0.15, 0.2) is 0 Å². The highest BCUT2D eigenvalue weighted by atomic mass is 14.8. The fraction of sp³-hybridized carbons (Fsp3) is 0.385. The summed E-state index contributed by atoms with van der Waals surface area (Å²) in [6.45, 7) is 7.89. The predicted molar refractivity (Wildman–Crippen MR) is 66.2 cm³/mol. The molecule has 0 amide bonds. The van der Waals surface area contributed by atoms with Gasteiger partial charge in [-0.3, -0.25) is 9.97 Å². The van der Waals surface area contributed by atoms with Crippen molar-refractivity contribution in [1.29, 1.82) is 0 Å². The molecule has 0 atom stereocenters. The first-order chi connectivity index (χ1) is 7.38. The first-order valence-corrected chi connectivity index (χ1v) is 5.42. The average Bonchev–Trinajstić information content (AvgIpc) is 2.14. The van der Waals surface area contributed by atoms with Crippen LogP contribution in [0.4, 0.5) is 0 Å². The summed E-state index contributed by atoms with van der Waals surface area (Å²) in [5, 5.41) is 1.05. The Labute approximate surface area is 95.7 Å². The molecule has 0 bridgehead atoms. The van der Waals surface area contributed by atoms with Crippen LogP contribution in [-0.4, -0.2) is 9.97 Å². The molecule has 0 spiro atoms. The smallest absolute Gasteiger partial charge is 0.0742 e. The van der Waals surface area contributed by atoms with Crippen molar-refractivity contribution in [2.75, 3.05) is 0 Å². The van der Waals surface area contributed by atoms with Crippen LogP contribution in [0.3, 0.4) is 0 Å². The number of rotatable bonds is 1. The minimum absolute atomic E-state index is 0.443. The zero-order valence-electron chi connectivity index (χ0n) is 10.2. The van der Waals surface area contributed by atoms with Crippen LogP contribution in [0.25, 0.3) is 10.9 Å². The molecule has 0 radical (unpaired) electrons. The lowest BCUT2D eigenvalue weighted by Gasteiger charge is -2.20. The summed E-state index contributed by atoms with van der Waals surface area (Å²) in [5.74, 6) is 0. The van der Waals surface area contributed by atoms with Crippen LogP contribution in [0.2, 0.25) is 0 Å². The van der Waals surface area contributed by atoms with Gasteiger partial charge in [-0.05, 0) is 45.9 Å². The number of pyridine rings is 2. The lowest BCUT2D eigenvalue weighted by molar-refractivity contribution is 0.539. The zero-order chi connectivity index (χ0) is 11.9. The van der Waals surface area contributed by atoms with Crippen molar-refractivity contribution in [2.45, 2.75) is 33.2 Å². The van der Waals surface area contributed by atoms with E-state index in [2.05, 4.69) is 9.97 Å². The van der Waals surface area contributed by atoms with E-state index in [1.54, 1.807) is 0 Å². The van der Waals surface area contributed by atoms with Gasteiger partial charge in [0.2, 0.25) is 0 Å². The van der Waals surface area contributed by atoms with Crippen LogP contribution in [-0.2, 0) is 5.54 Å². The number of hydrogen-bond donors (Lipinski definition) is 1. The van der Waals surface area contributed by atoms with Crippen molar-refractivity contribution in [3.63, 3.8) is 0 Å². The van der Waals surface area contributed by atoms with Gasteiger partial charge in [-0.25, -0.2) is 0 Å². The maximum Gasteiger partial charge on any atom is 0.0742 e. The van der Waals surface area contributed by atoms with Crippen LogP contribution in [0, 0.1) is 13.8 Å². The third-order valence-electron chi connectivity index (χ3n) is 2.56. The molecule has 16 heavy (non-hydrogen) atoms. The average molecular weight is 215 g/mol. The van der Waals surface area contributed by atoms with Gasteiger partial charge in [0.05, 0.1) is 16.7 Å². The van der Waals surface area contributed by atoms with E-state index in [9.17, 15) is 0 Å². The van der Waals surface area contributed by atoms with Gasteiger partial charge in [-0.2, -0.15) is 0 Å². The number of aromatic nitrogens is 2. The standard InChI is InChI=1S/C13H17N3/c1-8-5-6-10-11(15-8)7-9(2)16-12(10)13(3,4)14/h5-7H,14H2,1-4H3. The third kappa shape index (κ3) is 1.91. The minimum Gasteiger partial charge on any atom is -0.321 e. The molecule has 2 N–H and O–H groups in total. The quantitative estimate of drug-likeness (QED) is 0.795. The molecule has 2 aromatic rings. The Kier molecular flexibility index (Phi) is 2.43. The van der Waals surface area contributed by atoms with Crippen LogP contribution in [0.15, 0.2) is 18.2 Å². The first-order valence-electron chi connectivity index (χ1n) is 5.42. The van der Waals surface area contributed by atoms with E-state index < -0.39 is 5.54 Å². The van der Waals surface area contributed by atoms with Crippen LogP contribution < -0.4 is 5.73 Å². The highest BCUT2D eigenvalue weighted by Crippen LogP contribution is 2.24. The molecular formula is C13H17N3. The SMILES string of the molecule is Cc1cc2nc(C)ccc2c(C(C)(C)N)n1. The van der Waals surface area contributed by atoms with E-state index in [1.807, 2.05) is 45.9 Å². The number of nitrogens with zero attached hydrogens (tertiary/aromatic N) is 2. The topological polar surface area (TPSA) is 51.8 Å². The van der Waals surface area contributed by atoms with Crippen LogP contribution in [0.5, 0.6) is 0 Å². The molecule has 3 nitrogen and oxygen atoms in total. The summed E-state index contributed by atoms with van der Waals surface area (Å²) in [7, 11) is 0. The number of fused-ring (bicyclic) bond motifs is 1. The largest absolute Gasteiger partial charge is 0.321 e. The Morgan fingerprint density at radius 3 is 2.38 bits per heavy atom. The van der Waals surface area contributed by atoms with Gasteiger partial charge >= 0.3 is 0 Å². The second-order valence-corrected chi connectivity index (χ2v) is 4.85. The van der Waals surface area contributed by atoms with Crippen molar-refractivity contribution in [3.8, 4) is 0 Å². The van der Waals surface area contributed by atoms with E-state index in [0.717, 1.165) is 28.0 Å². The fourth-order valence-electron chi connectivity index (χ4n) is 1.84. The van der Waals surface area contributed by atoms with Gasteiger partial charge in [0.25, 0.3) is 0 Å². The van der Waals surface area contributed by atoms with E-state index in [4.69, 9.17) is 5.73 Å². The molecule has 0 aliphatic rings. The summed E-state index contributed by atoms with van der Waals surface area (Å²) < 4.78 is 0. The van der Waals surface area contributed by atoms with Crippen molar-refractivity contribution in [2.24, 2.45) is 5.73 Å². The molecule has 2 rings (SSSR count). The molecular weight excluding hydrogens is 198 g/mol. The lowest BCUT2D eigenvalue weighted by atomic mass is 9.97. The van der Waals surface area contributed by atoms with E-state index in [0.29, 0.717) is 0 Å². The maximum atomic E-state index is 6.14. The summed E-state index contributed by atoms with van der Waals surface area (Å²) in [6, 6.07) is 6.04. The number of nitrogens with two attached hydrogens (primary N) is 1. The Balaban J connectivity index is 2.83. The predicted octanol–water partition coefficient (Wildman–Crippen LogP) is 2.44. The maximum absolute atomic E-state index is 6.14. The monoisotopic (exact) mass is 215 g/mol. The Hall–Kier alpha value is -1.48. The molecule has 0 saturated heterocycles. The highest BCUT2D eigenvalue weighted by molar-refractivity contribution is 5.82. The van der Waals surface area contributed by atoms with Gasteiger partial charge in [-0.15, -0.1) is 0 Å². The Bertz CT molecular complexity index is 533. The first kappa shape index (κ1) is 11.0. The van der Waals surface area contributed by atoms with Gasteiger partial charge in [0.1, 0.15) is 0 Å². The van der Waals surface area contributed by atoms with E-state index in [-0.39, 0.29) is 0 Å². The molecule has 3 heteroatoms. The van der Waals surface area contributed by atoms with Crippen LogP contribution >= 0.6 is 0 Å². The third-order valence-corrected chi connectivity index (χ3v) is 2.56. The molecule has 0 aliphatic carbocycles. The van der Waals surface area contributed by atoms with Crippen molar-refractivity contribution < 1.29 is 0 Å². The summed E-state index contributed by atoms with van der Waals surface area (Å²) >= 11 is 0. The molecule has 0 fully saturated rings. The van der Waals surface area contributed by atoms with Crippen LogP contribution in [0.1, 0.15) is 30.9 Å². The highest BCUT2D eigenvalue weighted by Gasteiger charge is 2.19. The lowest BCUT2D eigenvalue weighted by Crippen LogP contribution is -2.30. The zero-order valence-corrected chi connectivity index (χ0v) is 10.2. The summed E-state index contributed by atoms with van der Waals surface area (Å²) in [4.78, 5) is 9.05. The van der Waals surface area contributed by atoms with E-state index in [1.165, 1.54) is 0 Å². The normalized spacial score (nSPS) is 12.1. The molecule has 0 unspecified atom stereocenters. The Morgan fingerprint density at radius 1 is 1.06 bits per heavy atom. The second-order valence-electron chi connectivity index (χ2n) is 4.85. The number of hydrogen-bond acceptors (Lipinski definition) is 3. The fourth-order valence-corrected chi connectivity index (χ4v) is 1.84. The molecule has 2 aromatic heterocycles. The van der Waals surface area contributed by atoms with Gasteiger partial charge in [-0.1, -0.05) is 0 Å². The molecule has 84 valence electrons. The molecule has 0 saturated carbocycles. The Morgan fingerprint density at radius 2 is 1.75 bits per heavy atom. The summed E-state index contributed by atoms with van der Waals surface area (Å²) in [5.41, 5.74) is 9.55. The van der Waals surface area contributed by atoms with Gasteiger partial charge < -0.3 is 5.73 Å². The minimum atomic E-state index is -0.443. The van der Waals surface area contributed by atoms with Gasteiger partial charge in [0, 0.05) is 16.8 Å². The summed E-state index contributed by atoms with van der Waals surface area (Å²) in [6.07, 6.45) is 0. The van der Waals surface area contributed by atoms with Crippen molar-refractivity contribution in [3.05, 3.63) is 35.3 Å². The van der Waals surface area contributed by atoms with Crippen molar-refractivity contribution in [1.82, 2.24) is 9.97 Å². The molecule has 0 aliphatic heterocycles. The number of aryl methyl sites for hydroxylation is 2. The van der Waals surface area contributed by atoms with Crippen molar-refractivity contribution >= 4 is 10.9 Å². The second kappa shape index (κ2) is 3.52.